The Morgan fingerprint density at radius 2 is 1.61 bits per heavy atom. The van der Waals surface area contributed by atoms with Crippen molar-refractivity contribution in [3.63, 3.8) is 0 Å². The third-order valence-corrected chi connectivity index (χ3v) is 5.38. The van der Waals surface area contributed by atoms with E-state index in [1.165, 1.54) is 12.8 Å². The maximum absolute atomic E-state index is 12.8. The van der Waals surface area contributed by atoms with Crippen LogP contribution in [0.3, 0.4) is 0 Å². The van der Waals surface area contributed by atoms with Crippen LogP contribution in [-0.4, -0.2) is 35.0 Å². The first-order valence-electron chi connectivity index (χ1n) is 8.73. The second-order valence-electron chi connectivity index (χ2n) is 6.89. The van der Waals surface area contributed by atoms with Gasteiger partial charge in [-0.25, -0.2) is 0 Å². The molecule has 4 heteroatoms. The standard InChI is InChI=1S/C19H25NO3/c21-18(15-10-4-1-2-5-11-15)20-12-16(17(13-20)19(22)23)14-8-6-3-7-9-14/h3,6-9,15-17H,1-2,4-5,10-13H2,(H,22,23)/t16-,17-/m1/s1. The van der Waals surface area contributed by atoms with Crippen molar-refractivity contribution in [3.05, 3.63) is 35.9 Å². The average Bonchev–Trinajstić information content (AvgIpc) is 2.84. The minimum Gasteiger partial charge on any atom is -0.481 e. The topological polar surface area (TPSA) is 57.6 Å². The van der Waals surface area contributed by atoms with Crippen LogP contribution in [0.5, 0.6) is 0 Å². The number of likely N-dealkylation sites (tertiary alicyclic amines) is 1. The maximum atomic E-state index is 12.8. The van der Waals surface area contributed by atoms with Gasteiger partial charge in [-0.1, -0.05) is 56.0 Å². The predicted molar refractivity (Wildman–Crippen MR) is 88.1 cm³/mol. The van der Waals surface area contributed by atoms with Crippen LogP contribution in [0.1, 0.15) is 50.0 Å². The molecule has 0 bridgehead atoms. The summed E-state index contributed by atoms with van der Waals surface area (Å²) in [5.74, 6) is -1.11. The van der Waals surface area contributed by atoms with Gasteiger partial charge < -0.3 is 10.0 Å². The molecule has 23 heavy (non-hydrogen) atoms. The highest BCUT2D eigenvalue weighted by molar-refractivity contribution is 5.81. The Labute approximate surface area is 137 Å². The van der Waals surface area contributed by atoms with Gasteiger partial charge >= 0.3 is 5.97 Å². The third-order valence-electron chi connectivity index (χ3n) is 5.38. The number of benzene rings is 1. The van der Waals surface area contributed by atoms with E-state index in [1.807, 2.05) is 35.2 Å². The molecule has 0 unspecified atom stereocenters. The zero-order valence-electron chi connectivity index (χ0n) is 13.5. The van der Waals surface area contributed by atoms with E-state index in [4.69, 9.17) is 0 Å². The number of amides is 1. The molecule has 1 heterocycles. The fraction of sp³-hybridized carbons (Fsp3) is 0.579. The molecule has 0 spiro atoms. The summed E-state index contributed by atoms with van der Waals surface area (Å²) in [6, 6.07) is 9.75. The molecule has 2 fully saturated rings. The molecule has 1 aliphatic heterocycles. The quantitative estimate of drug-likeness (QED) is 0.871. The lowest BCUT2D eigenvalue weighted by molar-refractivity contribution is -0.142. The van der Waals surface area contributed by atoms with Crippen molar-refractivity contribution in [2.75, 3.05) is 13.1 Å². The molecule has 2 aliphatic rings. The zero-order chi connectivity index (χ0) is 16.2. The van der Waals surface area contributed by atoms with Gasteiger partial charge in [0.05, 0.1) is 5.92 Å². The normalized spacial score (nSPS) is 26.0. The molecule has 4 nitrogen and oxygen atoms in total. The molecule has 0 aromatic heterocycles. The monoisotopic (exact) mass is 315 g/mol. The summed E-state index contributed by atoms with van der Waals surface area (Å²) in [6.45, 7) is 0.889. The fourth-order valence-electron chi connectivity index (χ4n) is 4.06. The van der Waals surface area contributed by atoms with Crippen LogP contribution in [0.25, 0.3) is 0 Å². The minimum absolute atomic E-state index is 0.0940. The van der Waals surface area contributed by atoms with Gasteiger partial charge in [0.1, 0.15) is 0 Å². The van der Waals surface area contributed by atoms with Gasteiger partial charge in [0, 0.05) is 24.9 Å². The molecule has 1 aromatic carbocycles. The Balaban J connectivity index is 1.74. The van der Waals surface area contributed by atoms with Gasteiger partial charge in [0.2, 0.25) is 5.91 Å². The van der Waals surface area contributed by atoms with E-state index >= 15 is 0 Å². The molecular weight excluding hydrogens is 290 g/mol. The molecule has 1 saturated carbocycles. The molecule has 1 N–H and O–H groups in total. The summed E-state index contributed by atoms with van der Waals surface area (Å²) in [5.41, 5.74) is 1.02. The van der Waals surface area contributed by atoms with Crippen LogP contribution in [0.2, 0.25) is 0 Å². The van der Waals surface area contributed by atoms with E-state index in [9.17, 15) is 14.7 Å². The lowest BCUT2D eigenvalue weighted by Gasteiger charge is -2.22. The smallest absolute Gasteiger partial charge is 0.308 e. The molecule has 124 valence electrons. The first-order chi connectivity index (χ1) is 11.2. The van der Waals surface area contributed by atoms with Crippen molar-refractivity contribution < 1.29 is 14.7 Å². The van der Waals surface area contributed by atoms with Gasteiger partial charge in [0.25, 0.3) is 0 Å². The summed E-state index contributed by atoms with van der Waals surface area (Å²) in [4.78, 5) is 26.3. The van der Waals surface area contributed by atoms with Gasteiger partial charge in [-0.3, -0.25) is 9.59 Å². The number of carboxylic acid groups (broad SMARTS) is 1. The van der Waals surface area contributed by atoms with E-state index in [1.54, 1.807) is 0 Å². The Morgan fingerprint density at radius 3 is 2.22 bits per heavy atom. The third kappa shape index (κ3) is 3.57. The van der Waals surface area contributed by atoms with Crippen LogP contribution >= 0.6 is 0 Å². The van der Waals surface area contributed by atoms with Gasteiger partial charge in [-0.15, -0.1) is 0 Å². The molecule has 3 rings (SSSR count). The number of carboxylic acids is 1. The van der Waals surface area contributed by atoms with E-state index in [0.29, 0.717) is 13.1 Å². The van der Waals surface area contributed by atoms with Crippen molar-refractivity contribution in [2.45, 2.75) is 44.4 Å². The SMILES string of the molecule is O=C(O)[C@@H]1CN(C(=O)C2CCCCCC2)C[C@@H]1c1ccccc1. The number of rotatable bonds is 3. The van der Waals surface area contributed by atoms with Gasteiger partial charge in [-0.05, 0) is 18.4 Å². The van der Waals surface area contributed by atoms with Crippen LogP contribution < -0.4 is 0 Å². The molecule has 1 saturated heterocycles. The molecule has 1 aromatic rings. The summed E-state index contributed by atoms with van der Waals surface area (Å²) in [7, 11) is 0. The number of aliphatic carboxylic acids is 1. The number of hydrogen-bond acceptors (Lipinski definition) is 2. The van der Waals surface area contributed by atoms with Gasteiger partial charge in [0.15, 0.2) is 0 Å². The molecule has 1 aliphatic carbocycles. The first-order valence-corrected chi connectivity index (χ1v) is 8.73. The summed E-state index contributed by atoms with van der Waals surface area (Å²) < 4.78 is 0. The lowest BCUT2D eigenvalue weighted by atomic mass is 9.89. The van der Waals surface area contributed by atoms with Crippen molar-refractivity contribution in [1.82, 2.24) is 4.90 Å². The average molecular weight is 315 g/mol. The van der Waals surface area contributed by atoms with E-state index in [0.717, 1.165) is 31.2 Å². The van der Waals surface area contributed by atoms with Crippen LogP contribution in [0, 0.1) is 11.8 Å². The molecular formula is C19H25NO3. The molecule has 2 atom stereocenters. The van der Waals surface area contributed by atoms with Crippen LogP contribution in [-0.2, 0) is 9.59 Å². The van der Waals surface area contributed by atoms with Gasteiger partial charge in [-0.2, -0.15) is 0 Å². The van der Waals surface area contributed by atoms with E-state index < -0.39 is 11.9 Å². The minimum atomic E-state index is -0.796. The Kier molecular flexibility index (Phi) is 4.99. The fourth-order valence-corrected chi connectivity index (χ4v) is 4.06. The van der Waals surface area contributed by atoms with Crippen molar-refractivity contribution in [1.29, 1.82) is 0 Å². The van der Waals surface area contributed by atoms with Crippen molar-refractivity contribution in [2.24, 2.45) is 11.8 Å². The first kappa shape index (κ1) is 16.0. The van der Waals surface area contributed by atoms with E-state index in [2.05, 4.69) is 0 Å². The Bertz CT molecular complexity index is 549. The zero-order valence-corrected chi connectivity index (χ0v) is 13.5. The predicted octanol–water partition coefficient (Wildman–Crippen LogP) is 3.28. The maximum Gasteiger partial charge on any atom is 0.308 e. The van der Waals surface area contributed by atoms with Crippen molar-refractivity contribution >= 4 is 11.9 Å². The van der Waals surface area contributed by atoms with Crippen molar-refractivity contribution in [3.8, 4) is 0 Å². The highest BCUT2D eigenvalue weighted by Gasteiger charge is 2.41. The number of carbonyl (C=O) groups excluding carboxylic acids is 1. The summed E-state index contributed by atoms with van der Waals surface area (Å²) in [6.07, 6.45) is 6.60. The Morgan fingerprint density at radius 1 is 0.957 bits per heavy atom. The highest BCUT2D eigenvalue weighted by Crippen LogP contribution is 2.35. The van der Waals surface area contributed by atoms with E-state index in [-0.39, 0.29) is 17.7 Å². The van der Waals surface area contributed by atoms with Crippen LogP contribution in [0.4, 0.5) is 0 Å². The largest absolute Gasteiger partial charge is 0.481 e. The highest BCUT2D eigenvalue weighted by atomic mass is 16.4. The van der Waals surface area contributed by atoms with Crippen LogP contribution in [0.15, 0.2) is 30.3 Å². The number of nitrogens with zero attached hydrogens (tertiary/aromatic N) is 1. The molecule has 1 amide bonds. The Hall–Kier alpha value is -1.84. The second kappa shape index (κ2) is 7.16. The summed E-state index contributed by atoms with van der Waals surface area (Å²) in [5, 5.41) is 9.56. The summed E-state index contributed by atoms with van der Waals surface area (Å²) >= 11 is 0. The lowest BCUT2D eigenvalue weighted by Crippen LogP contribution is -2.35. The number of hydrogen-bond donors (Lipinski definition) is 1. The molecule has 0 radical (unpaired) electrons. The number of carbonyl (C=O) groups is 2. The second-order valence-corrected chi connectivity index (χ2v) is 6.89.